The van der Waals surface area contributed by atoms with Crippen LogP contribution in [0.4, 0.5) is 0 Å². The van der Waals surface area contributed by atoms with Crippen LogP contribution in [0.3, 0.4) is 0 Å². The summed E-state index contributed by atoms with van der Waals surface area (Å²) in [6.45, 7) is 2.25. The zero-order chi connectivity index (χ0) is 17.9. The molecule has 3 aromatic rings. The molecular weight excluding hydrogens is 336 g/mol. The SMILES string of the molecule is CCCCc1ccc2c(c1)Cc1cc(C#Cc3ccc(Cl)cc3)ccc1-2. The molecule has 0 unspecified atom stereocenters. The highest BCUT2D eigenvalue weighted by Gasteiger charge is 2.18. The van der Waals surface area contributed by atoms with Crippen LogP contribution in [-0.2, 0) is 12.8 Å². The summed E-state index contributed by atoms with van der Waals surface area (Å²) in [6.07, 6.45) is 4.70. The smallest absolute Gasteiger partial charge is 0.0406 e. The largest absolute Gasteiger partial charge is 0.0843 e. The summed E-state index contributed by atoms with van der Waals surface area (Å²) in [5, 5.41) is 0.740. The van der Waals surface area contributed by atoms with E-state index in [9.17, 15) is 0 Å². The second-order valence-electron chi connectivity index (χ2n) is 6.90. The molecule has 0 saturated heterocycles. The number of benzene rings is 3. The first kappa shape index (κ1) is 17.0. The topological polar surface area (TPSA) is 0 Å². The third-order valence-electron chi connectivity index (χ3n) is 4.96. The second kappa shape index (κ2) is 7.40. The van der Waals surface area contributed by atoms with Gasteiger partial charge in [-0.05, 0) is 83.5 Å². The fraction of sp³-hybridized carbons (Fsp3) is 0.200. The first-order chi connectivity index (χ1) is 12.7. The zero-order valence-electron chi connectivity index (χ0n) is 15.0. The monoisotopic (exact) mass is 356 g/mol. The molecule has 0 nitrogen and oxygen atoms in total. The Morgan fingerprint density at radius 3 is 2.23 bits per heavy atom. The molecule has 0 saturated carbocycles. The van der Waals surface area contributed by atoms with Gasteiger partial charge in [-0.15, -0.1) is 0 Å². The zero-order valence-corrected chi connectivity index (χ0v) is 15.7. The normalized spacial score (nSPS) is 11.5. The van der Waals surface area contributed by atoms with Crippen molar-refractivity contribution in [2.45, 2.75) is 32.6 Å². The van der Waals surface area contributed by atoms with E-state index in [0.717, 1.165) is 22.6 Å². The molecule has 1 heteroatoms. The number of unbranched alkanes of at least 4 members (excludes halogenated alkanes) is 1. The minimum atomic E-state index is 0.740. The third kappa shape index (κ3) is 3.55. The summed E-state index contributed by atoms with van der Waals surface area (Å²) >= 11 is 5.93. The lowest BCUT2D eigenvalue weighted by atomic mass is 10.0. The highest BCUT2D eigenvalue weighted by Crippen LogP contribution is 2.37. The fourth-order valence-corrected chi connectivity index (χ4v) is 3.68. The van der Waals surface area contributed by atoms with Crippen molar-refractivity contribution in [2.24, 2.45) is 0 Å². The highest BCUT2D eigenvalue weighted by atomic mass is 35.5. The minimum absolute atomic E-state index is 0.740. The Hall–Kier alpha value is -2.49. The maximum absolute atomic E-state index is 5.93. The van der Waals surface area contributed by atoms with Crippen LogP contribution in [0.25, 0.3) is 11.1 Å². The van der Waals surface area contributed by atoms with Gasteiger partial charge in [-0.25, -0.2) is 0 Å². The lowest BCUT2D eigenvalue weighted by Gasteiger charge is -2.04. The number of hydrogen-bond acceptors (Lipinski definition) is 0. The molecule has 0 amide bonds. The number of fused-ring (bicyclic) bond motifs is 3. The van der Waals surface area contributed by atoms with Crippen molar-refractivity contribution in [3.05, 3.63) is 93.5 Å². The average molecular weight is 357 g/mol. The summed E-state index contributed by atoms with van der Waals surface area (Å²) in [7, 11) is 0. The summed E-state index contributed by atoms with van der Waals surface area (Å²) < 4.78 is 0. The molecule has 0 heterocycles. The Balaban J connectivity index is 1.58. The van der Waals surface area contributed by atoms with Gasteiger partial charge >= 0.3 is 0 Å². The van der Waals surface area contributed by atoms with Gasteiger partial charge in [-0.2, -0.15) is 0 Å². The fourth-order valence-electron chi connectivity index (χ4n) is 3.56. The van der Waals surface area contributed by atoms with Crippen molar-refractivity contribution in [3.63, 3.8) is 0 Å². The molecule has 0 spiro atoms. The Kier molecular flexibility index (Phi) is 4.83. The predicted octanol–water partition coefficient (Wildman–Crippen LogP) is 6.65. The first-order valence-corrected chi connectivity index (χ1v) is 9.63. The highest BCUT2D eigenvalue weighted by molar-refractivity contribution is 6.30. The van der Waals surface area contributed by atoms with Crippen LogP contribution in [0.1, 0.15) is 47.6 Å². The van der Waals surface area contributed by atoms with Gasteiger partial charge in [0.25, 0.3) is 0 Å². The van der Waals surface area contributed by atoms with Crippen LogP contribution in [-0.4, -0.2) is 0 Å². The summed E-state index contributed by atoms with van der Waals surface area (Å²) in [4.78, 5) is 0. The Bertz CT molecular complexity index is 1000. The lowest BCUT2D eigenvalue weighted by molar-refractivity contribution is 0.794. The molecule has 1 aliphatic rings. The average Bonchev–Trinajstić information content (AvgIpc) is 3.02. The molecular formula is C25H21Cl. The maximum atomic E-state index is 5.93. The second-order valence-corrected chi connectivity index (χ2v) is 7.34. The van der Waals surface area contributed by atoms with E-state index < -0.39 is 0 Å². The van der Waals surface area contributed by atoms with Crippen molar-refractivity contribution in [1.29, 1.82) is 0 Å². The quantitative estimate of drug-likeness (QED) is 0.360. The standard InChI is InChI=1S/C25H21Cl/c1-2-3-4-19-9-13-24-21(15-19)17-22-16-20(10-14-25(22)24)6-5-18-7-11-23(26)12-8-18/h7-16H,2-4,17H2,1H3. The maximum Gasteiger partial charge on any atom is 0.0406 e. The molecule has 1 aliphatic carbocycles. The Morgan fingerprint density at radius 1 is 0.808 bits per heavy atom. The number of halogens is 1. The van der Waals surface area contributed by atoms with E-state index in [1.54, 1.807) is 0 Å². The van der Waals surface area contributed by atoms with Gasteiger partial charge in [0.1, 0.15) is 0 Å². The van der Waals surface area contributed by atoms with Gasteiger partial charge in [-0.3, -0.25) is 0 Å². The first-order valence-electron chi connectivity index (χ1n) is 9.25. The van der Waals surface area contributed by atoms with E-state index in [-0.39, 0.29) is 0 Å². The van der Waals surface area contributed by atoms with E-state index >= 15 is 0 Å². The molecule has 26 heavy (non-hydrogen) atoms. The number of rotatable bonds is 3. The van der Waals surface area contributed by atoms with Crippen molar-refractivity contribution in [3.8, 4) is 23.0 Å². The third-order valence-corrected chi connectivity index (χ3v) is 5.21. The van der Waals surface area contributed by atoms with Crippen molar-refractivity contribution in [2.75, 3.05) is 0 Å². The number of hydrogen-bond donors (Lipinski definition) is 0. The minimum Gasteiger partial charge on any atom is -0.0843 e. The predicted molar refractivity (Wildman–Crippen MR) is 111 cm³/mol. The van der Waals surface area contributed by atoms with Crippen LogP contribution in [0.2, 0.25) is 5.02 Å². The van der Waals surface area contributed by atoms with Crippen molar-refractivity contribution < 1.29 is 0 Å². The van der Waals surface area contributed by atoms with E-state index in [4.69, 9.17) is 11.6 Å². The molecule has 0 atom stereocenters. The molecule has 0 aromatic heterocycles. The van der Waals surface area contributed by atoms with Gasteiger partial charge in [0.2, 0.25) is 0 Å². The summed E-state index contributed by atoms with van der Waals surface area (Å²) in [5.41, 5.74) is 9.10. The van der Waals surface area contributed by atoms with Crippen molar-refractivity contribution >= 4 is 11.6 Å². The summed E-state index contributed by atoms with van der Waals surface area (Å²) in [6, 6.07) is 21.2. The van der Waals surface area contributed by atoms with E-state index in [0.29, 0.717) is 0 Å². The van der Waals surface area contributed by atoms with Crippen LogP contribution >= 0.6 is 11.6 Å². The van der Waals surface area contributed by atoms with Gasteiger partial charge in [0.05, 0.1) is 0 Å². The molecule has 4 rings (SSSR count). The molecule has 3 aromatic carbocycles. The van der Waals surface area contributed by atoms with Crippen molar-refractivity contribution in [1.82, 2.24) is 0 Å². The summed E-state index contributed by atoms with van der Waals surface area (Å²) in [5.74, 6) is 6.51. The molecule has 0 fully saturated rings. The molecule has 128 valence electrons. The van der Waals surface area contributed by atoms with Crippen LogP contribution in [0, 0.1) is 11.8 Å². The van der Waals surface area contributed by atoms with E-state index in [1.807, 2.05) is 24.3 Å². The Morgan fingerprint density at radius 2 is 1.46 bits per heavy atom. The van der Waals surface area contributed by atoms with Crippen LogP contribution < -0.4 is 0 Å². The Labute approximate surface area is 160 Å². The van der Waals surface area contributed by atoms with Gasteiger partial charge in [-0.1, -0.05) is 61.1 Å². The molecule has 0 aliphatic heterocycles. The van der Waals surface area contributed by atoms with Crippen LogP contribution in [0.15, 0.2) is 60.7 Å². The van der Waals surface area contributed by atoms with Gasteiger partial charge in [0, 0.05) is 16.1 Å². The lowest BCUT2D eigenvalue weighted by Crippen LogP contribution is -1.88. The number of aryl methyl sites for hydroxylation is 1. The van der Waals surface area contributed by atoms with Crippen LogP contribution in [0.5, 0.6) is 0 Å². The molecule has 0 radical (unpaired) electrons. The van der Waals surface area contributed by atoms with E-state index in [1.165, 1.54) is 47.1 Å². The van der Waals surface area contributed by atoms with E-state index in [2.05, 4.69) is 55.2 Å². The van der Waals surface area contributed by atoms with Gasteiger partial charge in [0.15, 0.2) is 0 Å². The van der Waals surface area contributed by atoms with Gasteiger partial charge < -0.3 is 0 Å². The molecule has 0 N–H and O–H groups in total. The molecule has 0 bridgehead atoms.